The maximum absolute atomic E-state index is 13.3. The van der Waals surface area contributed by atoms with E-state index in [0.29, 0.717) is 28.5 Å². The fraction of sp³-hybridized carbons (Fsp3) is 0.259. The molecule has 1 fully saturated rings. The first-order valence-corrected chi connectivity index (χ1v) is 10.9. The van der Waals surface area contributed by atoms with Gasteiger partial charge in [-0.15, -0.1) is 0 Å². The van der Waals surface area contributed by atoms with Gasteiger partial charge in [0, 0.05) is 11.3 Å². The zero-order valence-electron chi connectivity index (χ0n) is 19.4. The summed E-state index contributed by atoms with van der Waals surface area (Å²) in [6, 6.07) is 15.0. The number of Topliss-reactive ketones (excluding diaryl/α,β-unsaturated/α-hetero) is 1. The number of nitrogens with zero attached hydrogens (tertiary/aromatic N) is 1. The van der Waals surface area contributed by atoms with Crippen molar-refractivity contribution in [3.63, 3.8) is 0 Å². The van der Waals surface area contributed by atoms with Crippen LogP contribution in [-0.4, -0.2) is 22.9 Å². The highest BCUT2D eigenvalue weighted by Gasteiger charge is 2.48. The average Bonchev–Trinajstić information content (AvgIpc) is 3.31. The average molecular weight is 446 g/mol. The van der Waals surface area contributed by atoms with E-state index < -0.39 is 17.7 Å². The number of hydrogen-bond acceptors (Lipinski definition) is 5. The predicted octanol–water partition coefficient (Wildman–Crippen LogP) is 5.62. The molecule has 1 amide bonds. The number of carbonyl (C=O) groups excluding carboxylic acids is 2. The van der Waals surface area contributed by atoms with Crippen molar-refractivity contribution in [3.05, 3.63) is 88.4 Å². The van der Waals surface area contributed by atoms with Crippen LogP contribution in [0.4, 0.5) is 5.69 Å². The molecule has 1 atom stereocenters. The topological polar surface area (TPSA) is 80.0 Å². The Bertz CT molecular complexity index is 1250. The molecule has 1 aliphatic heterocycles. The highest BCUT2D eigenvalue weighted by molar-refractivity contribution is 6.51. The zero-order chi connectivity index (χ0) is 23.9. The minimum atomic E-state index is -0.884. The Labute approximate surface area is 193 Å². The van der Waals surface area contributed by atoms with Gasteiger partial charge in [-0.05, 0) is 88.2 Å². The number of aliphatic hydroxyl groups excluding tert-OH is 1. The summed E-state index contributed by atoms with van der Waals surface area (Å²) in [4.78, 5) is 27.9. The Morgan fingerprint density at radius 2 is 1.70 bits per heavy atom. The molecule has 0 saturated carbocycles. The van der Waals surface area contributed by atoms with Crippen LogP contribution in [0.5, 0.6) is 5.75 Å². The summed E-state index contributed by atoms with van der Waals surface area (Å²) < 4.78 is 11.5. The van der Waals surface area contributed by atoms with Crippen LogP contribution in [0.25, 0.3) is 5.76 Å². The number of rotatable bonds is 5. The van der Waals surface area contributed by atoms with Gasteiger partial charge < -0.3 is 14.3 Å². The first-order valence-electron chi connectivity index (χ1n) is 10.9. The number of amides is 1. The minimum absolute atomic E-state index is 0.00668. The van der Waals surface area contributed by atoms with Gasteiger partial charge in [0.15, 0.2) is 0 Å². The van der Waals surface area contributed by atoms with Gasteiger partial charge in [-0.3, -0.25) is 14.5 Å². The third-order valence-electron chi connectivity index (χ3n) is 5.81. The molecule has 6 nitrogen and oxygen atoms in total. The number of hydrogen-bond donors (Lipinski definition) is 1. The number of furan rings is 1. The van der Waals surface area contributed by atoms with Gasteiger partial charge in [-0.25, -0.2) is 0 Å². The molecule has 2 aromatic carbocycles. The smallest absolute Gasteiger partial charge is 0.300 e. The van der Waals surface area contributed by atoms with Crippen molar-refractivity contribution in [2.45, 2.75) is 46.8 Å². The number of anilines is 1. The van der Waals surface area contributed by atoms with Crippen LogP contribution in [0, 0.1) is 20.8 Å². The molecule has 1 saturated heterocycles. The normalized spacial score (nSPS) is 17.8. The lowest BCUT2D eigenvalue weighted by atomic mass is 9.98. The second-order valence-electron chi connectivity index (χ2n) is 8.53. The summed E-state index contributed by atoms with van der Waals surface area (Å²) in [5.41, 5.74) is 2.88. The van der Waals surface area contributed by atoms with Gasteiger partial charge in [0.05, 0.1) is 11.7 Å². The van der Waals surface area contributed by atoms with Gasteiger partial charge in [0.2, 0.25) is 0 Å². The molecule has 1 aliphatic rings. The first-order chi connectivity index (χ1) is 15.7. The van der Waals surface area contributed by atoms with Crippen molar-refractivity contribution in [3.8, 4) is 5.75 Å². The van der Waals surface area contributed by atoms with Gasteiger partial charge in [0.1, 0.15) is 29.1 Å². The molecule has 0 bridgehead atoms. The van der Waals surface area contributed by atoms with Gasteiger partial charge >= 0.3 is 0 Å². The second kappa shape index (κ2) is 8.62. The molecule has 170 valence electrons. The summed E-state index contributed by atoms with van der Waals surface area (Å²) in [7, 11) is 0. The van der Waals surface area contributed by atoms with Crippen molar-refractivity contribution in [2.75, 3.05) is 4.90 Å². The highest BCUT2D eigenvalue weighted by Crippen LogP contribution is 2.44. The molecule has 1 aromatic heterocycles. The number of benzene rings is 2. The molecule has 0 aliphatic carbocycles. The van der Waals surface area contributed by atoms with Crippen LogP contribution in [-0.2, 0) is 9.59 Å². The zero-order valence-corrected chi connectivity index (χ0v) is 19.4. The number of aliphatic hydroxyl groups is 1. The summed E-state index contributed by atoms with van der Waals surface area (Å²) in [5, 5.41) is 11.2. The van der Waals surface area contributed by atoms with E-state index in [9.17, 15) is 14.7 Å². The van der Waals surface area contributed by atoms with E-state index >= 15 is 0 Å². The van der Waals surface area contributed by atoms with E-state index in [4.69, 9.17) is 9.15 Å². The summed E-state index contributed by atoms with van der Waals surface area (Å²) in [6.07, 6.45) is 0.00883. The van der Waals surface area contributed by atoms with Crippen LogP contribution in [0.15, 0.2) is 64.6 Å². The van der Waals surface area contributed by atoms with E-state index in [1.807, 2.05) is 39.8 Å². The fourth-order valence-electron chi connectivity index (χ4n) is 4.07. The van der Waals surface area contributed by atoms with Crippen molar-refractivity contribution in [1.82, 2.24) is 0 Å². The Morgan fingerprint density at radius 3 is 2.30 bits per heavy atom. The van der Waals surface area contributed by atoms with Crippen LogP contribution in [0.2, 0.25) is 0 Å². The van der Waals surface area contributed by atoms with Crippen LogP contribution in [0.3, 0.4) is 0 Å². The second-order valence-corrected chi connectivity index (χ2v) is 8.53. The Kier molecular flexibility index (Phi) is 5.85. The Balaban J connectivity index is 1.88. The maximum Gasteiger partial charge on any atom is 0.300 e. The fourth-order valence-corrected chi connectivity index (χ4v) is 4.07. The lowest BCUT2D eigenvalue weighted by Gasteiger charge is -2.25. The monoisotopic (exact) mass is 445 g/mol. The van der Waals surface area contributed by atoms with Gasteiger partial charge in [0.25, 0.3) is 11.7 Å². The van der Waals surface area contributed by atoms with E-state index in [0.717, 1.165) is 11.1 Å². The van der Waals surface area contributed by atoms with Crippen LogP contribution < -0.4 is 9.64 Å². The minimum Gasteiger partial charge on any atom is -0.507 e. The lowest BCUT2D eigenvalue weighted by Crippen LogP contribution is -2.30. The SMILES string of the molecule is Cc1ccc(C2/C(=C(/O)c3ccc(OC(C)C)cc3)C(=O)C(=O)N2c2cccc(C)c2C)o1. The highest BCUT2D eigenvalue weighted by atomic mass is 16.5. The van der Waals surface area contributed by atoms with E-state index in [1.54, 1.807) is 49.4 Å². The molecule has 1 N–H and O–H groups in total. The molecular formula is C27H27NO5. The molecule has 4 rings (SSSR count). The number of ketones is 1. The Hall–Kier alpha value is -3.80. The molecule has 2 heterocycles. The molecule has 3 aromatic rings. The molecule has 6 heteroatoms. The number of ether oxygens (including phenoxy) is 1. The predicted molar refractivity (Wildman–Crippen MR) is 126 cm³/mol. The number of carbonyl (C=O) groups is 2. The third kappa shape index (κ3) is 4.04. The van der Waals surface area contributed by atoms with Crippen molar-refractivity contribution in [1.29, 1.82) is 0 Å². The van der Waals surface area contributed by atoms with Crippen molar-refractivity contribution in [2.24, 2.45) is 0 Å². The summed E-state index contributed by atoms with van der Waals surface area (Å²) in [5.74, 6) is -0.00779. The van der Waals surface area contributed by atoms with Gasteiger partial charge in [-0.2, -0.15) is 0 Å². The molecule has 0 spiro atoms. The van der Waals surface area contributed by atoms with E-state index in [2.05, 4.69) is 0 Å². The maximum atomic E-state index is 13.3. The largest absolute Gasteiger partial charge is 0.507 e. The lowest BCUT2D eigenvalue weighted by molar-refractivity contribution is -0.132. The molecular weight excluding hydrogens is 418 g/mol. The third-order valence-corrected chi connectivity index (χ3v) is 5.81. The van der Waals surface area contributed by atoms with Crippen molar-refractivity contribution < 1.29 is 23.8 Å². The van der Waals surface area contributed by atoms with Crippen LogP contribution >= 0.6 is 0 Å². The van der Waals surface area contributed by atoms with Crippen molar-refractivity contribution >= 4 is 23.1 Å². The molecule has 0 radical (unpaired) electrons. The summed E-state index contributed by atoms with van der Waals surface area (Å²) >= 11 is 0. The quantitative estimate of drug-likeness (QED) is 0.313. The standard InChI is InChI=1S/C27H27NO5/c1-15(2)32-20-12-10-19(11-13-20)25(29)23-24(22-14-9-17(4)33-22)28(27(31)26(23)30)21-8-6-7-16(3)18(21)5/h6-15,24,29H,1-5H3/b25-23-. The van der Waals surface area contributed by atoms with E-state index in [-0.39, 0.29) is 17.4 Å². The molecule has 1 unspecified atom stereocenters. The summed E-state index contributed by atoms with van der Waals surface area (Å²) in [6.45, 7) is 9.49. The van der Waals surface area contributed by atoms with E-state index in [1.165, 1.54) is 4.90 Å². The first kappa shape index (κ1) is 22.4. The Morgan fingerprint density at radius 1 is 1.00 bits per heavy atom. The number of aryl methyl sites for hydroxylation is 2. The van der Waals surface area contributed by atoms with Gasteiger partial charge in [-0.1, -0.05) is 12.1 Å². The molecule has 33 heavy (non-hydrogen) atoms. The van der Waals surface area contributed by atoms with Crippen LogP contribution in [0.1, 0.15) is 48.1 Å².